The molecule has 0 saturated heterocycles. The fourth-order valence-corrected chi connectivity index (χ4v) is 3.24. The lowest BCUT2D eigenvalue weighted by Gasteiger charge is -2.32. The minimum absolute atomic E-state index is 0.147. The van der Waals surface area contributed by atoms with Crippen molar-refractivity contribution >= 4 is 9.45 Å². The Morgan fingerprint density at radius 1 is 0.938 bits per heavy atom. The minimum Gasteiger partial charge on any atom is -0.380 e. The molecule has 0 aromatic carbocycles. The summed E-state index contributed by atoms with van der Waals surface area (Å²) in [7, 11) is -1.79. The molecule has 0 radical (unpaired) electrons. The first-order chi connectivity index (χ1) is 6.99. The van der Waals surface area contributed by atoms with Crippen LogP contribution in [0.1, 0.15) is 55.4 Å². The third-order valence-corrected chi connectivity index (χ3v) is 4.03. The van der Waals surface area contributed by atoms with Gasteiger partial charge in [-0.2, -0.15) is 0 Å². The van der Waals surface area contributed by atoms with Gasteiger partial charge in [-0.05, 0) is 54.0 Å². The van der Waals surface area contributed by atoms with Crippen molar-refractivity contribution in [2.45, 2.75) is 66.6 Å². The molecule has 0 aromatic rings. The van der Waals surface area contributed by atoms with Gasteiger partial charge in [0.05, 0.1) is 11.2 Å². The highest BCUT2D eigenvalue weighted by Crippen LogP contribution is 2.14. The highest BCUT2D eigenvalue weighted by atomic mass is 28.3. The van der Waals surface area contributed by atoms with E-state index in [4.69, 9.17) is 8.85 Å². The lowest BCUT2D eigenvalue weighted by Crippen LogP contribution is -2.49. The molecule has 0 unspecified atom stereocenters. The topological polar surface area (TPSA) is 30.5 Å². The highest BCUT2D eigenvalue weighted by molar-refractivity contribution is 6.41. The number of nitrogens with one attached hydrogen (secondary N) is 1. The van der Waals surface area contributed by atoms with Gasteiger partial charge in [0.1, 0.15) is 0 Å². The lowest BCUT2D eigenvalue weighted by molar-refractivity contribution is 0.0279. The summed E-state index contributed by atoms with van der Waals surface area (Å²) in [6.45, 7) is 17.7. The van der Waals surface area contributed by atoms with Gasteiger partial charge < -0.3 is 8.85 Å². The standard InChI is InChI=1S/C12H29NO2Si/c1-10(2)9-13-16(14-11(3,4)5)15-12(6,7)8/h10,13,16H,9H2,1-8H3. The molecule has 16 heavy (non-hydrogen) atoms. The van der Waals surface area contributed by atoms with E-state index in [0.717, 1.165) is 6.54 Å². The van der Waals surface area contributed by atoms with Crippen LogP contribution in [0.3, 0.4) is 0 Å². The van der Waals surface area contributed by atoms with Crippen LogP contribution in [0.15, 0.2) is 0 Å². The summed E-state index contributed by atoms with van der Waals surface area (Å²) in [5.41, 5.74) is -0.293. The van der Waals surface area contributed by atoms with E-state index in [0.29, 0.717) is 5.92 Å². The first-order valence-electron chi connectivity index (χ1n) is 6.08. The van der Waals surface area contributed by atoms with Gasteiger partial charge in [-0.15, -0.1) is 0 Å². The summed E-state index contributed by atoms with van der Waals surface area (Å²) in [6, 6.07) is 0. The summed E-state index contributed by atoms with van der Waals surface area (Å²) in [5, 5.41) is 0. The molecule has 0 amide bonds. The Hall–Kier alpha value is 0.0969. The maximum atomic E-state index is 5.97. The molecule has 0 heterocycles. The molecule has 0 saturated carbocycles. The van der Waals surface area contributed by atoms with E-state index in [1.807, 2.05) is 0 Å². The van der Waals surface area contributed by atoms with E-state index in [9.17, 15) is 0 Å². The molecular formula is C12H29NO2Si. The normalized spacial score (nSPS) is 13.9. The van der Waals surface area contributed by atoms with Crippen molar-refractivity contribution in [1.29, 1.82) is 0 Å². The molecule has 3 nitrogen and oxygen atoms in total. The molecule has 98 valence electrons. The van der Waals surface area contributed by atoms with E-state index < -0.39 is 9.45 Å². The van der Waals surface area contributed by atoms with Gasteiger partial charge in [0.2, 0.25) is 0 Å². The average molecular weight is 247 g/mol. The second-order valence-electron chi connectivity index (χ2n) is 6.59. The van der Waals surface area contributed by atoms with Gasteiger partial charge in [-0.25, -0.2) is 0 Å². The first kappa shape index (κ1) is 16.1. The summed E-state index contributed by atoms with van der Waals surface area (Å²) in [6.07, 6.45) is 0. The second-order valence-corrected chi connectivity index (χ2v) is 8.14. The van der Waals surface area contributed by atoms with Crippen LogP contribution in [-0.4, -0.2) is 27.2 Å². The van der Waals surface area contributed by atoms with Crippen LogP contribution in [0.5, 0.6) is 0 Å². The molecule has 4 heteroatoms. The van der Waals surface area contributed by atoms with Crippen molar-refractivity contribution < 1.29 is 8.85 Å². The van der Waals surface area contributed by atoms with Crippen LogP contribution >= 0.6 is 0 Å². The van der Waals surface area contributed by atoms with Gasteiger partial charge in [-0.3, -0.25) is 4.98 Å². The Morgan fingerprint density at radius 3 is 1.56 bits per heavy atom. The summed E-state index contributed by atoms with van der Waals surface area (Å²) < 4.78 is 11.9. The van der Waals surface area contributed by atoms with Crippen molar-refractivity contribution in [2.24, 2.45) is 5.92 Å². The quantitative estimate of drug-likeness (QED) is 0.758. The summed E-state index contributed by atoms with van der Waals surface area (Å²) in [5.74, 6) is 0.613. The fourth-order valence-electron chi connectivity index (χ4n) is 1.08. The Kier molecular flexibility index (Phi) is 6.18. The number of hydrogen-bond donors (Lipinski definition) is 1. The van der Waals surface area contributed by atoms with Gasteiger partial charge in [0.15, 0.2) is 0 Å². The maximum absolute atomic E-state index is 5.97. The van der Waals surface area contributed by atoms with Crippen molar-refractivity contribution in [3.05, 3.63) is 0 Å². The van der Waals surface area contributed by atoms with Crippen molar-refractivity contribution in [3.8, 4) is 0 Å². The lowest BCUT2D eigenvalue weighted by atomic mass is 10.2. The van der Waals surface area contributed by atoms with Crippen molar-refractivity contribution in [3.63, 3.8) is 0 Å². The molecule has 0 rings (SSSR count). The molecule has 0 aromatic heterocycles. The molecule has 0 fully saturated rings. The van der Waals surface area contributed by atoms with Gasteiger partial charge in [0.25, 0.3) is 0 Å². The zero-order chi connectivity index (χ0) is 13.0. The Morgan fingerprint density at radius 2 is 1.31 bits per heavy atom. The zero-order valence-corrected chi connectivity index (χ0v) is 13.3. The van der Waals surface area contributed by atoms with Gasteiger partial charge in [0, 0.05) is 0 Å². The molecule has 0 aliphatic heterocycles. The molecule has 1 N–H and O–H groups in total. The number of rotatable bonds is 5. The predicted octanol–water partition coefficient (Wildman–Crippen LogP) is 2.58. The van der Waals surface area contributed by atoms with Crippen LogP contribution in [0.2, 0.25) is 0 Å². The van der Waals surface area contributed by atoms with E-state index in [-0.39, 0.29) is 11.2 Å². The SMILES string of the molecule is CC(C)CN[SiH](OC(C)(C)C)OC(C)(C)C. The van der Waals surface area contributed by atoms with Crippen molar-refractivity contribution in [2.75, 3.05) is 6.54 Å². The highest BCUT2D eigenvalue weighted by Gasteiger charge is 2.26. The maximum Gasteiger partial charge on any atom is 0.409 e. The predicted molar refractivity (Wildman–Crippen MR) is 71.7 cm³/mol. The van der Waals surface area contributed by atoms with Crippen LogP contribution in [-0.2, 0) is 8.85 Å². The van der Waals surface area contributed by atoms with Crippen LogP contribution in [0.4, 0.5) is 0 Å². The van der Waals surface area contributed by atoms with Crippen LogP contribution in [0.25, 0.3) is 0 Å². The zero-order valence-electron chi connectivity index (χ0n) is 12.2. The fraction of sp³-hybridized carbons (Fsp3) is 1.00. The van der Waals surface area contributed by atoms with E-state index in [1.54, 1.807) is 0 Å². The Bertz CT molecular complexity index is 178. The number of hydrogen-bond acceptors (Lipinski definition) is 3. The smallest absolute Gasteiger partial charge is 0.380 e. The second kappa shape index (κ2) is 6.14. The summed E-state index contributed by atoms with van der Waals surface area (Å²) in [4.78, 5) is 3.43. The van der Waals surface area contributed by atoms with Gasteiger partial charge in [-0.1, -0.05) is 13.8 Å². The van der Waals surface area contributed by atoms with E-state index in [1.165, 1.54) is 0 Å². The van der Waals surface area contributed by atoms with E-state index >= 15 is 0 Å². The minimum atomic E-state index is -1.79. The largest absolute Gasteiger partial charge is 0.409 e. The third-order valence-electron chi connectivity index (χ3n) is 1.61. The first-order valence-corrected chi connectivity index (χ1v) is 7.60. The molecule has 0 atom stereocenters. The Labute approximate surface area is 103 Å². The van der Waals surface area contributed by atoms with Gasteiger partial charge >= 0.3 is 9.45 Å². The van der Waals surface area contributed by atoms with E-state index in [2.05, 4.69) is 60.4 Å². The monoisotopic (exact) mass is 247 g/mol. The van der Waals surface area contributed by atoms with Crippen LogP contribution < -0.4 is 4.98 Å². The summed E-state index contributed by atoms with van der Waals surface area (Å²) >= 11 is 0. The average Bonchev–Trinajstić information content (AvgIpc) is 1.93. The Balaban J connectivity index is 4.28. The third kappa shape index (κ3) is 10.6. The molecule has 0 bridgehead atoms. The van der Waals surface area contributed by atoms with Crippen molar-refractivity contribution in [1.82, 2.24) is 4.98 Å². The molecule has 0 aliphatic carbocycles. The molecule has 0 spiro atoms. The van der Waals surface area contributed by atoms with Crippen LogP contribution in [0, 0.1) is 5.92 Å². The molecule has 0 aliphatic rings. The molecular weight excluding hydrogens is 218 g/mol.